The van der Waals surface area contributed by atoms with Gasteiger partial charge in [0.2, 0.25) is 5.91 Å². The van der Waals surface area contributed by atoms with Crippen LogP contribution >= 0.6 is 11.6 Å². The Morgan fingerprint density at radius 3 is 2.60 bits per heavy atom. The van der Waals surface area contributed by atoms with Crippen LogP contribution in [0.5, 0.6) is 0 Å². The summed E-state index contributed by atoms with van der Waals surface area (Å²) in [5, 5.41) is 2.33. The van der Waals surface area contributed by atoms with Crippen molar-refractivity contribution in [2.45, 2.75) is 12.3 Å². The number of carbonyl (C=O) groups excluding carboxylic acids is 1. The first kappa shape index (κ1) is 10.4. The molecule has 2 nitrogen and oxygen atoms in total. The van der Waals surface area contributed by atoms with Gasteiger partial charge in [-0.25, -0.2) is 8.78 Å². The minimum Gasteiger partial charge on any atom is -0.355 e. The van der Waals surface area contributed by atoms with Gasteiger partial charge in [-0.15, -0.1) is 0 Å². The molecular weight excluding hydrogens is 224 g/mol. The average Bonchev–Trinajstić information content (AvgIpc) is 2.59. The number of hydrogen-bond donors (Lipinski definition) is 1. The second kappa shape index (κ2) is 3.77. The fourth-order valence-electron chi connectivity index (χ4n) is 1.73. The highest BCUT2D eigenvalue weighted by Gasteiger charge is 2.28. The molecule has 1 fully saturated rings. The van der Waals surface area contributed by atoms with Crippen molar-refractivity contribution in [3.63, 3.8) is 0 Å². The maximum atomic E-state index is 13.4. The normalized spacial score (nSPS) is 20.5. The van der Waals surface area contributed by atoms with Crippen LogP contribution in [-0.4, -0.2) is 12.5 Å². The second-order valence-corrected chi connectivity index (χ2v) is 3.84. The molecule has 0 radical (unpaired) electrons. The number of amides is 1. The molecule has 1 amide bonds. The maximum absolute atomic E-state index is 13.4. The van der Waals surface area contributed by atoms with Crippen LogP contribution in [0.1, 0.15) is 17.9 Å². The van der Waals surface area contributed by atoms with Crippen LogP contribution in [0, 0.1) is 11.6 Å². The van der Waals surface area contributed by atoms with Crippen LogP contribution in [0.15, 0.2) is 12.1 Å². The van der Waals surface area contributed by atoms with Crippen LogP contribution in [0.2, 0.25) is 5.02 Å². The van der Waals surface area contributed by atoms with Crippen molar-refractivity contribution in [3.8, 4) is 0 Å². The summed E-state index contributed by atoms with van der Waals surface area (Å²) >= 11 is 5.67. The summed E-state index contributed by atoms with van der Waals surface area (Å²) in [5.74, 6) is -1.77. The monoisotopic (exact) mass is 231 g/mol. The molecule has 2 rings (SSSR count). The molecule has 1 aliphatic rings. The molecule has 1 heterocycles. The largest absolute Gasteiger partial charge is 0.355 e. The second-order valence-electron chi connectivity index (χ2n) is 3.46. The van der Waals surface area contributed by atoms with Gasteiger partial charge in [-0.3, -0.25) is 4.79 Å². The number of benzene rings is 1. The quantitative estimate of drug-likeness (QED) is 0.738. The smallest absolute Gasteiger partial charge is 0.220 e. The molecule has 0 aromatic heterocycles. The van der Waals surface area contributed by atoms with Crippen molar-refractivity contribution in [1.82, 2.24) is 5.32 Å². The van der Waals surface area contributed by atoms with E-state index in [1.54, 1.807) is 0 Å². The molecule has 1 aliphatic heterocycles. The zero-order valence-electron chi connectivity index (χ0n) is 7.69. The number of halogens is 3. The Bertz CT molecular complexity index is 422. The van der Waals surface area contributed by atoms with Crippen LogP contribution in [0.3, 0.4) is 0 Å². The Kier molecular flexibility index (Phi) is 2.61. The molecule has 0 bridgehead atoms. The van der Waals surface area contributed by atoms with Gasteiger partial charge >= 0.3 is 0 Å². The van der Waals surface area contributed by atoms with Crippen molar-refractivity contribution in [2.24, 2.45) is 0 Å². The van der Waals surface area contributed by atoms with E-state index in [2.05, 4.69) is 5.32 Å². The van der Waals surface area contributed by atoms with Crippen LogP contribution < -0.4 is 5.32 Å². The zero-order chi connectivity index (χ0) is 11.0. The predicted molar refractivity (Wildman–Crippen MR) is 51.7 cm³/mol. The molecule has 0 saturated carbocycles. The third-order valence-electron chi connectivity index (χ3n) is 2.47. The van der Waals surface area contributed by atoms with Crippen LogP contribution in [0.4, 0.5) is 8.78 Å². The van der Waals surface area contributed by atoms with Gasteiger partial charge < -0.3 is 5.32 Å². The first-order chi connectivity index (χ1) is 7.09. The van der Waals surface area contributed by atoms with Crippen molar-refractivity contribution < 1.29 is 13.6 Å². The van der Waals surface area contributed by atoms with Crippen molar-refractivity contribution in [2.75, 3.05) is 6.54 Å². The third-order valence-corrected chi connectivity index (χ3v) is 2.85. The molecule has 0 spiro atoms. The maximum Gasteiger partial charge on any atom is 0.220 e. The highest BCUT2D eigenvalue weighted by molar-refractivity contribution is 6.31. The Balaban J connectivity index is 2.43. The summed E-state index contributed by atoms with van der Waals surface area (Å²) in [4.78, 5) is 11.0. The van der Waals surface area contributed by atoms with Gasteiger partial charge in [0.1, 0.15) is 11.6 Å². The lowest BCUT2D eigenvalue weighted by Gasteiger charge is -2.11. The fraction of sp³-hybridized carbons (Fsp3) is 0.300. The molecule has 5 heteroatoms. The van der Waals surface area contributed by atoms with Gasteiger partial charge in [-0.1, -0.05) is 11.6 Å². The predicted octanol–water partition coefficient (Wildman–Crippen LogP) is 2.22. The lowest BCUT2D eigenvalue weighted by Crippen LogP contribution is -2.14. The van der Waals surface area contributed by atoms with E-state index in [9.17, 15) is 13.6 Å². The number of rotatable bonds is 1. The van der Waals surface area contributed by atoms with E-state index in [0.717, 1.165) is 12.1 Å². The van der Waals surface area contributed by atoms with Crippen molar-refractivity contribution >= 4 is 17.5 Å². The Morgan fingerprint density at radius 1 is 1.33 bits per heavy atom. The van der Waals surface area contributed by atoms with Crippen LogP contribution in [-0.2, 0) is 4.79 Å². The molecule has 15 heavy (non-hydrogen) atoms. The highest BCUT2D eigenvalue weighted by Crippen LogP contribution is 2.33. The van der Waals surface area contributed by atoms with E-state index in [-0.39, 0.29) is 28.8 Å². The molecular formula is C10H8ClF2NO. The standard InChI is InChI=1S/C10H8ClF2NO/c11-10-7(13)2-1-6(12)9(10)5-3-8(15)14-4-5/h1-2,5H,3-4H2,(H,14,15). The Morgan fingerprint density at radius 2 is 2.00 bits per heavy atom. The lowest BCUT2D eigenvalue weighted by atomic mass is 9.97. The lowest BCUT2D eigenvalue weighted by molar-refractivity contribution is -0.119. The number of carbonyl (C=O) groups is 1. The van der Waals surface area contributed by atoms with Gasteiger partial charge in [-0.05, 0) is 12.1 Å². The van der Waals surface area contributed by atoms with E-state index in [1.807, 2.05) is 0 Å². The molecule has 0 aliphatic carbocycles. The van der Waals surface area contributed by atoms with E-state index in [0.29, 0.717) is 6.54 Å². The average molecular weight is 232 g/mol. The molecule has 1 aromatic carbocycles. The van der Waals surface area contributed by atoms with Gasteiger partial charge in [0.05, 0.1) is 5.02 Å². The zero-order valence-corrected chi connectivity index (χ0v) is 8.44. The van der Waals surface area contributed by atoms with E-state index in [1.165, 1.54) is 0 Å². The summed E-state index contributed by atoms with van der Waals surface area (Å²) in [6, 6.07) is 2.00. The molecule has 80 valence electrons. The summed E-state index contributed by atoms with van der Waals surface area (Å²) in [5.41, 5.74) is 0.0926. The highest BCUT2D eigenvalue weighted by atomic mass is 35.5. The number of hydrogen-bond acceptors (Lipinski definition) is 1. The SMILES string of the molecule is O=C1CC(c2c(F)ccc(F)c2Cl)CN1. The molecule has 1 N–H and O–H groups in total. The van der Waals surface area contributed by atoms with E-state index >= 15 is 0 Å². The molecule has 1 saturated heterocycles. The molecule has 1 atom stereocenters. The topological polar surface area (TPSA) is 29.1 Å². The summed E-state index contributed by atoms with van der Waals surface area (Å²) < 4.78 is 26.5. The van der Waals surface area contributed by atoms with Crippen LogP contribution in [0.25, 0.3) is 0 Å². The first-order valence-corrected chi connectivity index (χ1v) is 4.87. The Labute approximate surface area is 90.2 Å². The van der Waals surface area contributed by atoms with Crippen molar-refractivity contribution in [3.05, 3.63) is 34.4 Å². The van der Waals surface area contributed by atoms with Gasteiger partial charge in [-0.2, -0.15) is 0 Å². The minimum atomic E-state index is -0.660. The fourth-order valence-corrected chi connectivity index (χ4v) is 2.03. The van der Waals surface area contributed by atoms with E-state index in [4.69, 9.17) is 11.6 Å². The third kappa shape index (κ3) is 1.81. The van der Waals surface area contributed by atoms with Crippen molar-refractivity contribution in [1.29, 1.82) is 0 Å². The summed E-state index contributed by atoms with van der Waals surface area (Å²) in [6.07, 6.45) is 0.153. The minimum absolute atomic E-state index is 0.0926. The summed E-state index contributed by atoms with van der Waals surface area (Å²) in [7, 11) is 0. The van der Waals surface area contributed by atoms with Gasteiger partial charge in [0.15, 0.2) is 0 Å². The van der Waals surface area contributed by atoms with E-state index < -0.39 is 11.6 Å². The van der Waals surface area contributed by atoms with Gasteiger partial charge in [0.25, 0.3) is 0 Å². The molecule has 1 aromatic rings. The van der Waals surface area contributed by atoms with Gasteiger partial charge in [0, 0.05) is 24.4 Å². The number of nitrogens with one attached hydrogen (secondary N) is 1. The Hall–Kier alpha value is -1.16. The first-order valence-electron chi connectivity index (χ1n) is 4.49. The summed E-state index contributed by atoms with van der Waals surface area (Å²) in [6.45, 7) is 0.304. The molecule has 1 unspecified atom stereocenters.